The van der Waals surface area contributed by atoms with Gasteiger partial charge >= 0.3 is 0 Å². The van der Waals surface area contributed by atoms with Crippen molar-refractivity contribution < 1.29 is 14.8 Å². The second-order valence-electron chi connectivity index (χ2n) is 4.04. The molecule has 0 saturated carbocycles. The maximum atomic E-state index is 7.05. The van der Waals surface area contributed by atoms with Crippen molar-refractivity contribution in [1.82, 2.24) is 0 Å². The van der Waals surface area contributed by atoms with Gasteiger partial charge < -0.3 is 20.5 Å². The van der Waals surface area contributed by atoms with E-state index in [4.69, 9.17) is 20.7 Å². The van der Waals surface area contributed by atoms with Gasteiger partial charge in [-0.2, -0.15) is 5.11 Å². The molecule has 0 aliphatic carbocycles. The molecule has 17 heavy (non-hydrogen) atoms. The van der Waals surface area contributed by atoms with Crippen LogP contribution in [0.3, 0.4) is 0 Å². The average Bonchev–Trinajstić information content (AvgIpc) is 2.39. The van der Waals surface area contributed by atoms with E-state index in [0.717, 1.165) is 38.8 Å². The van der Waals surface area contributed by atoms with E-state index < -0.39 is 0 Å². The molecule has 1 unspecified atom stereocenters. The number of quaternary nitrogens is 1. The zero-order valence-corrected chi connectivity index (χ0v) is 10.2. The third-order valence-corrected chi connectivity index (χ3v) is 2.58. The van der Waals surface area contributed by atoms with E-state index >= 15 is 0 Å². The number of hydrogen-bond donors (Lipinski definition) is 3. The Morgan fingerprint density at radius 3 is 3.12 bits per heavy atom. The molecule has 0 aromatic heterocycles. The molecule has 0 amide bonds. The van der Waals surface area contributed by atoms with Crippen molar-refractivity contribution in [1.29, 1.82) is 5.53 Å². The van der Waals surface area contributed by atoms with Crippen molar-refractivity contribution in [3.05, 3.63) is 11.9 Å². The van der Waals surface area contributed by atoms with E-state index in [1.54, 1.807) is 0 Å². The average molecular weight is 243 g/mol. The van der Waals surface area contributed by atoms with Crippen LogP contribution in [0.15, 0.2) is 17.0 Å². The summed E-state index contributed by atoms with van der Waals surface area (Å²) >= 11 is 0. The van der Waals surface area contributed by atoms with Crippen LogP contribution in [0.1, 0.15) is 25.7 Å². The lowest BCUT2D eigenvalue weighted by Crippen LogP contribution is -2.78. The molecule has 5 N–H and O–H groups in total. The first-order valence-electron chi connectivity index (χ1n) is 6.20. The molecule has 1 rings (SSSR count). The molecule has 0 aromatic carbocycles. The maximum Gasteiger partial charge on any atom is 0.158 e. The Morgan fingerprint density at radius 2 is 2.47 bits per heavy atom. The summed E-state index contributed by atoms with van der Waals surface area (Å²) in [7, 11) is 0. The molecule has 1 fully saturated rings. The summed E-state index contributed by atoms with van der Waals surface area (Å²) in [5.74, 6) is 0. The number of nitrogens with one attached hydrogen (secondary N) is 1. The van der Waals surface area contributed by atoms with Gasteiger partial charge in [0.1, 0.15) is 11.9 Å². The molecule has 0 bridgehead atoms. The van der Waals surface area contributed by atoms with Crippen molar-refractivity contribution in [3.8, 4) is 0 Å². The van der Waals surface area contributed by atoms with Crippen LogP contribution in [0, 0.1) is 5.53 Å². The molecular formula is C11H23N4O2+. The zero-order valence-electron chi connectivity index (χ0n) is 10.2. The van der Waals surface area contributed by atoms with Crippen LogP contribution < -0.4 is 11.1 Å². The Bertz CT molecular complexity index is 240. The fraction of sp³-hybridized carbons (Fsp3) is 0.818. The highest BCUT2D eigenvalue weighted by Gasteiger charge is 2.14. The smallest absolute Gasteiger partial charge is 0.158 e. The lowest BCUT2D eigenvalue weighted by atomic mass is 10.2. The minimum Gasteiger partial charge on any atom is -0.353 e. The Morgan fingerprint density at radius 1 is 1.59 bits per heavy atom. The summed E-state index contributed by atoms with van der Waals surface area (Å²) in [4.78, 5) is 0. The molecular weight excluding hydrogens is 220 g/mol. The zero-order chi connectivity index (χ0) is 12.3. The number of ether oxygens (including phenoxy) is 2. The molecule has 1 aliphatic rings. The van der Waals surface area contributed by atoms with Gasteiger partial charge in [-0.15, -0.1) is 0 Å². The van der Waals surface area contributed by atoms with E-state index in [9.17, 15) is 0 Å². The van der Waals surface area contributed by atoms with Gasteiger partial charge in [-0.05, 0) is 25.8 Å². The molecule has 1 aliphatic heterocycles. The largest absolute Gasteiger partial charge is 0.353 e. The number of rotatable bonds is 8. The quantitative estimate of drug-likeness (QED) is 0.423. The fourth-order valence-electron chi connectivity index (χ4n) is 1.59. The van der Waals surface area contributed by atoms with Gasteiger partial charge in [0.2, 0.25) is 0 Å². The van der Waals surface area contributed by atoms with Crippen molar-refractivity contribution in [2.75, 3.05) is 26.3 Å². The molecule has 1 atom stereocenters. The van der Waals surface area contributed by atoms with Crippen molar-refractivity contribution >= 4 is 0 Å². The highest BCUT2D eigenvalue weighted by molar-refractivity contribution is 4.92. The summed E-state index contributed by atoms with van der Waals surface area (Å²) in [5, 5.41) is 5.42. The Kier molecular flexibility index (Phi) is 7.74. The van der Waals surface area contributed by atoms with Gasteiger partial charge in [0.25, 0.3) is 0 Å². The molecule has 98 valence electrons. The second-order valence-corrected chi connectivity index (χ2v) is 4.04. The Labute approximate surface area is 102 Å². The second kappa shape index (κ2) is 9.23. The normalized spacial score (nSPS) is 21.5. The third-order valence-electron chi connectivity index (χ3n) is 2.58. The molecule has 6 heteroatoms. The number of hydrogen-bond acceptors (Lipinski definition) is 5. The highest BCUT2D eigenvalue weighted by Crippen LogP contribution is 2.14. The first-order chi connectivity index (χ1) is 8.36. The fourth-order valence-corrected chi connectivity index (χ4v) is 1.59. The lowest BCUT2D eigenvalue weighted by Gasteiger charge is -2.22. The predicted octanol–water partition coefficient (Wildman–Crippen LogP) is 0.314. The van der Waals surface area contributed by atoms with Gasteiger partial charge in [0, 0.05) is 13.0 Å². The Hall–Kier alpha value is -0.820. The molecule has 0 aromatic rings. The number of nitrogens with two attached hydrogens (primary N) is 2. The van der Waals surface area contributed by atoms with Crippen LogP contribution in [0.5, 0.6) is 0 Å². The summed E-state index contributed by atoms with van der Waals surface area (Å²) in [6.07, 6.45) is 5.84. The lowest BCUT2D eigenvalue weighted by molar-refractivity contribution is -0.588. The van der Waals surface area contributed by atoms with E-state index in [2.05, 4.69) is 5.11 Å². The van der Waals surface area contributed by atoms with Crippen LogP contribution in [0.4, 0.5) is 0 Å². The minimum absolute atomic E-state index is 0.127. The van der Waals surface area contributed by atoms with Crippen molar-refractivity contribution in [2.45, 2.75) is 32.0 Å². The van der Waals surface area contributed by atoms with Gasteiger partial charge in [-0.1, -0.05) is 0 Å². The predicted molar refractivity (Wildman–Crippen MR) is 63.2 cm³/mol. The third kappa shape index (κ3) is 6.48. The van der Waals surface area contributed by atoms with E-state index in [1.165, 1.54) is 0 Å². The van der Waals surface area contributed by atoms with E-state index in [-0.39, 0.29) is 6.29 Å². The summed E-state index contributed by atoms with van der Waals surface area (Å²) in [5.41, 5.74) is 13.1. The Balaban J connectivity index is 2.18. The molecule has 1 heterocycles. The van der Waals surface area contributed by atoms with Crippen molar-refractivity contribution in [3.63, 3.8) is 0 Å². The van der Waals surface area contributed by atoms with Crippen LogP contribution in [-0.2, 0) is 9.47 Å². The summed E-state index contributed by atoms with van der Waals surface area (Å²) < 4.78 is 11.0. The maximum absolute atomic E-state index is 7.05. The highest BCUT2D eigenvalue weighted by atomic mass is 16.7. The summed E-state index contributed by atoms with van der Waals surface area (Å²) in [6, 6.07) is 0. The molecule has 6 nitrogen and oxygen atoms in total. The SMILES string of the molecule is N=N/C(=C\[NH2+]CCCN)COC1CCCCO1. The van der Waals surface area contributed by atoms with Crippen LogP contribution in [0.25, 0.3) is 0 Å². The first kappa shape index (κ1) is 14.2. The summed E-state index contributed by atoms with van der Waals surface area (Å²) in [6.45, 7) is 2.71. The van der Waals surface area contributed by atoms with E-state index in [1.807, 2.05) is 11.5 Å². The van der Waals surface area contributed by atoms with Crippen LogP contribution in [-0.4, -0.2) is 32.6 Å². The monoisotopic (exact) mass is 243 g/mol. The van der Waals surface area contributed by atoms with Crippen LogP contribution >= 0.6 is 0 Å². The van der Waals surface area contributed by atoms with Gasteiger partial charge in [0.05, 0.1) is 13.2 Å². The topological polar surface area (TPSA) is 97.3 Å². The molecule has 1 saturated heterocycles. The van der Waals surface area contributed by atoms with Crippen LogP contribution in [0.2, 0.25) is 0 Å². The van der Waals surface area contributed by atoms with Crippen molar-refractivity contribution in [2.24, 2.45) is 10.8 Å². The van der Waals surface area contributed by atoms with Gasteiger partial charge in [-0.25, -0.2) is 5.53 Å². The van der Waals surface area contributed by atoms with Gasteiger partial charge in [0.15, 0.2) is 6.29 Å². The standard InChI is InChI=1S/C11H22N4O2/c12-5-3-6-14-8-10(15-13)9-17-11-4-1-2-7-16-11/h8,11,13-14H,1-7,9,12H2/p+1/b10-8-,15-13?. The van der Waals surface area contributed by atoms with E-state index in [0.29, 0.717) is 18.8 Å². The van der Waals surface area contributed by atoms with Gasteiger partial charge in [-0.3, -0.25) is 0 Å². The number of nitrogens with zero attached hydrogens (tertiary/aromatic N) is 1. The molecule has 0 spiro atoms. The first-order valence-corrected chi connectivity index (χ1v) is 6.20. The molecule has 0 radical (unpaired) electrons. The minimum atomic E-state index is -0.127.